The van der Waals surface area contributed by atoms with E-state index in [9.17, 15) is 14.9 Å². The molecule has 1 aliphatic rings. The summed E-state index contributed by atoms with van der Waals surface area (Å²) in [5.41, 5.74) is 2.47. The minimum absolute atomic E-state index is 0.0448. The number of benzene rings is 2. The van der Waals surface area contributed by atoms with Gasteiger partial charge in [0, 0.05) is 37.1 Å². The Morgan fingerprint density at radius 3 is 2.52 bits per heavy atom. The number of carbonyl (C=O) groups excluding carboxylic acids is 1. The van der Waals surface area contributed by atoms with Crippen LogP contribution in [-0.2, 0) is 17.9 Å². The maximum atomic E-state index is 11.7. The average Bonchev–Trinajstić information content (AvgIpc) is 3.00. The molecule has 7 heteroatoms. The van der Waals surface area contributed by atoms with Crippen LogP contribution in [0.1, 0.15) is 24.0 Å². The molecular formula is C18H18ClN3O3. The van der Waals surface area contributed by atoms with Crippen molar-refractivity contribution in [1.82, 2.24) is 4.90 Å². The van der Waals surface area contributed by atoms with Crippen molar-refractivity contribution in [2.75, 3.05) is 11.9 Å². The standard InChI is InChI=1S/C18H18ClN3O3/c19-15-7-8-16(17(10-15)22(24)25)20-11-13-3-5-14(6-4-13)12-21-9-1-2-18(21)23/h3-8,10,20H,1-2,9,11-12H2. The van der Waals surface area contributed by atoms with Crippen LogP contribution in [0.3, 0.4) is 0 Å². The first kappa shape index (κ1) is 17.2. The highest BCUT2D eigenvalue weighted by Crippen LogP contribution is 2.28. The first-order valence-corrected chi connectivity index (χ1v) is 8.44. The second kappa shape index (κ2) is 7.53. The number of nitrogens with zero attached hydrogens (tertiary/aromatic N) is 2. The monoisotopic (exact) mass is 359 g/mol. The van der Waals surface area contributed by atoms with Crippen LogP contribution in [0.25, 0.3) is 0 Å². The summed E-state index contributed by atoms with van der Waals surface area (Å²) in [5.74, 6) is 0.209. The highest BCUT2D eigenvalue weighted by atomic mass is 35.5. The zero-order valence-corrected chi connectivity index (χ0v) is 14.3. The first-order valence-electron chi connectivity index (χ1n) is 8.06. The van der Waals surface area contributed by atoms with Gasteiger partial charge in [-0.15, -0.1) is 0 Å². The molecule has 0 saturated carbocycles. The van der Waals surface area contributed by atoms with Crippen molar-refractivity contribution in [3.63, 3.8) is 0 Å². The average molecular weight is 360 g/mol. The van der Waals surface area contributed by atoms with E-state index in [-0.39, 0.29) is 11.6 Å². The Balaban J connectivity index is 1.62. The number of carbonyl (C=O) groups is 1. The molecule has 0 atom stereocenters. The number of halogens is 1. The number of rotatable bonds is 6. The number of hydrogen-bond acceptors (Lipinski definition) is 4. The third-order valence-corrected chi connectivity index (χ3v) is 4.44. The lowest BCUT2D eigenvalue weighted by molar-refractivity contribution is -0.383. The van der Waals surface area contributed by atoms with E-state index in [0.717, 1.165) is 24.1 Å². The second-order valence-corrected chi connectivity index (χ2v) is 6.44. The first-order chi connectivity index (χ1) is 12.0. The number of hydrogen-bond donors (Lipinski definition) is 1. The highest BCUT2D eigenvalue weighted by Gasteiger charge is 2.19. The minimum atomic E-state index is -0.454. The van der Waals surface area contributed by atoms with E-state index in [1.807, 2.05) is 29.2 Å². The summed E-state index contributed by atoms with van der Waals surface area (Å²) >= 11 is 5.82. The van der Waals surface area contributed by atoms with E-state index >= 15 is 0 Å². The lowest BCUT2D eigenvalue weighted by atomic mass is 10.1. The van der Waals surface area contributed by atoms with Crippen LogP contribution < -0.4 is 5.32 Å². The van der Waals surface area contributed by atoms with E-state index in [1.54, 1.807) is 12.1 Å². The number of anilines is 1. The fourth-order valence-corrected chi connectivity index (χ4v) is 3.02. The van der Waals surface area contributed by atoms with Crippen LogP contribution in [0.4, 0.5) is 11.4 Å². The molecule has 130 valence electrons. The fourth-order valence-electron chi connectivity index (χ4n) is 2.86. The van der Waals surface area contributed by atoms with Crippen molar-refractivity contribution in [2.45, 2.75) is 25.9 Å². The van der Waals surface area contributed by atoms with Crippen molar-refractivity contribution in [1.29, 1.82) is 0 Å². The molecule has 1 aliphatic heterocycles. The number of nitro groups is 1. The molecule has 0 radical (unpaired) electrons. The summed E-state index contributed by atoms with van der Waals surface area (Å²) in [7, 11) is 0. The van der Waals surface area contributed by atoms with Crippen LogP contribution in [0.5, 0.6) is 0 Å². The molecule has 1 fully saturated rings. The van der Waals surface area contributed by atoms with E-state index < -0.39 is 4.92 Å². The molecule has 1 N–H and O–H groups in total. The molecule has 0 bridgehead atoms. The number of likely N-dealkylation sites (tertiary alicyclic amines) is 1. The molecule has 1 amide bonds. The van der Waals surface area contributed by atoms with Gasteiger partial charge in [-0.3, -0.25) is 14.9 Å². The predicted molar refractivity (Wildman–Crippen MR) is 96.5 cm³/mol. The van der Waals surface area contributed by atoms with Gasteiger partial charge in [0.15, 0.2) is 0 Å². The molecule has 2 aromatic rings. The Bertz CT molecular complexity index is 793. The summed E-state index contributed by atoms with van der Waals surface area (Å²) < 4.78 is 0. The summed E-state index contributed by atoms with van der Waals surface area (Å²) in [4.78, 5) is 24.2. The van der Waals surface area contributed by atoms with Crippen molar-refractivity contribution >= 4 is 28.9 Å². The van der Waals surface area contributed by atoms with Crippen molar-refractivity contribution in [3.05, 3.63) is 68.7 Å². The number of nitro benzene ring substituents is 1. The van der Waals surface area contributed by atoms with E-state index in [0.29, 0.717) is 30.2 Å². The van der Waals surface area contributed by atoms with Gasteiger partial charge in [-0.2, -0.15) is 0 Å². The third-order valence-electron chi connectivity index (χ3n) is 4.21. The highest BCUT2D eigenvalue weighted by molar-refractivity contribution is 6.30. The van der Waals surface area contributed by atoms with Gasteiger partial charge in [0.25, 0.3) is 5.69 Å². The number of nitrogens with one attached hydrogen (secondary N) is 1. The molecule has 1 heterocycles. The van der Waals surface area contributed by atoms with Gasteiger partial charge < -0.3 is 10.2 Å². The molecule has 1 saturated heterocycles. The summed E-state index contributed by atoms with van der Waals surface area (Å²) in [6, 6.07) is 12.5. The van der Waals surface area contributed by atoms with E-state index in [1.165, 1.54) is 6.07 Å². The Kier molecular flexibility index (Phi) is 5.19. The topological polar surface area (TPSA) is 75.5 Å². The summed E-state index contributed by atoms with van der Waals surface area (Å²) in [5, 5.41) is 14.5. The predicted octanol–water partition coefficient (Wildman–Crippen LogP) is 3.98. The van der Waals surface area contributed by atoms with Crippen LogP contribution in [0, 0.1) is 10.1 Å². The van der Waals surface area contributed by atoms with Crippen LogP contribution in [0.15, 0.2) is 42.5 Å². The SMILES string of the molecule is O=C1CCCN1Cc1ccc(CNc2ccc(Cl)cc2[N+](=O)[O-])cc1. The smallest absolute Gasteiger partial charge is 0.293 e. The summed E-state index contributed by atoms with van der Waals surface area (Å²) in [6.45, 7) is 1.92. The molecule has 2 aromatic carbocycles. The van der Waals surface area contributed by atoms with Gasteiger partial charge in [0.05, 0.1) is 4.92 Å². The largest absolute Gasteiger partial charge is 0.375 e. The van der Waals surface area contributed by atoms with Crippen molar-refractivity contribution < 1.29 is 9.72 Å². The van der Waals surface area contributed by atoms with E-state index in [2.05, 4.69) is 5.32 Å². The molecule has 0 aromatic heterocycles. The quantitative estimate of drug-likeness (QED) is 0.625. The number of amides is 1. The third kappa shape index (κ3) is 4.28. The lowest BCUT2D eigenvalue weighted by Gasteiger charge is -2.15. The molecule has 25 heavy (non-hydrogen) atoms. The van der Waals surface area contributed by atoms with Crippen LogP contribution in [-0.4, -0.2) is 22.3 Å². The van der Waals surface area contributed by atoms with Crippen LogP contribution >= 0.6 is 11.6 Å². The Morgan fingerprint density at radius 1 is 1.16 bits per heavy atom. The molecule has 0 aliphatic carbocycles. The van der Waals surface area contributed by atoms with E-state index in [4.69, 9.17) is 11.6 Å². The molecule has 6 nitrogen and oxygen atoms in total. The Morgan fingerprint density at radius 2 is 1.88 bits per heavy atom. The van der Waals surface area contributed by atoms with Crippen molar-refractivity contribution in [2.24, 2.45) is 0 Å². The molecule has 3 rings (SSSR count). The van der Waals surface area contributed by atoms with Crippen molar-refractivity contribution in [3.8, 4) is 0 Å². The van der Waals surface area contributed by atoms with Gasteiger partial charge in [-0.05, 0) is 29.7 Å². The van der Waals surface area contributed by atoms with Gasteiger partial charge >= 0.3 is 0 Å². The maximum absolute atomic E-state index is 11.7. The summed E-state index contributed by atoms with van der Waals surface area (Å²) in [6.07, 6.45) is 1.57. The Hall–Kier alpha value is -2.60. The zero-order valence-electron chi connectivity index (χ0n) is 13.6. The maximum Gasteiger partial charge on any atom is 0.293 e. The second-order valence-electron chi connectivity index (χ2n) is 6.01. The van der Waals surface area contributed by atoms with Gasteiger partial charge in [-0.25, -0.2) is 0 Å². The van der Waals surface area contributed by atoms with Gasteiger partial charge in [0.1, 0.15) is 5.69 Å². The minimum Gasteiger partial charge on any atom is -0.375 e. The lowest BCUT2D eigenvalue weighted by Crippen LogP contribution is -2.23. The van der Waals surface area contributed by atoms with Gasteiger partial charge in [0.2, 0.25) is 5.91 Å². The molecular weight excluding hydrogens is 342 g/mol. The normalized spacial score (nSPS) is 14.0. The molecule has 0 unspecified atom stereocenters. The van der Waals surface area contributed by atoms with Crippen LogP contribution in [0.2, 0.25) is 5.02 Å². The zero-order chi connectivity index (χ0) is 17.8. The fraction of sp³-hybridized carbons (Fsp3) is 0.278. The Labute approximate surface area is 150 Å². The molecule has 0 spiro atoms. The van der Waals surface area contributed by atoms with Gasteiger partial charge in [-0.1, -0.05) is 35.9 Å².